The molecule has 0 N–H and O–H groups in total. The van der Waals surface area contributed by atoms with Gasteiger partial charge in [-0.15, -0.1) is 0 Å². The molecule has 0 bridgehead atoms. The molecule has 0 saturated heterocycles. The summed E-state index contributed by atoms with van der Waals surface area (Å²) in [4.78, 5) is 4.65. The Kier molecular flexibility index (Phi) is 3.80. The predicted octanol–water partition coefficient (Wildman–Crippen LogP) is 4.68. The largest absolute Gasteiger partial charge is 0.496 e. The first-order valence-electron chi connectivity index (χ1n) is 6.52. The molecular formula is C17H14BrNO2. The predicted molar refractivity (Wildman–Crippen MR) is 88.0 cm³/mol. The number of hydrogen-bond acceptors (Lipinski definition) is 3. The fourth-order valence-electron chi connectivity index (χ4n) is 2.37. The zero-order valence-electron chi connectivity index (χ0n) is 11.8. The van der Waals surface area contributed by atoms with Crippen LogP contribution in [0.5, 0.6) is 11.6 Å². The summed E-state index contributed by atoms with van der Waals surface area (Å²) >= 11 is 3.67. The normalized spacial score (nSPS) is 10.6. The molecule has 2 aromatic carbocycles. The van der Waals surface area contributed by atoms with E-state index in [4.69, 9.17) is 9.47 Å². The Morgan fingerprint density at radius 2 is 1.52 bits per heavy atom. The third-order valence-electron chi connectivity index (χ3n) is 3.37. The number of nitrogens with zero attached hydrogens (tertiary/aromatic N) is 1. The number of rotatable bonds is 3. The van der Waals surface area contributed by atoms with Crippen LogP contribution in [0.2, 0.25) is 0 Å². The molecule has 1 aromatic heterocycles. The van der Waals surface area contributed by atoms with E-state index in [9.17, 15) is 0 Å². The monoisotopic (exact) mass is 343 g/mol. The number of pyridine rings is 1. The molecule has 4 heteroatoms. The first-order valence-corrected chi connectivity index (χ1v) is 7.31. The molecule has 0 radical (unpaired) electrons. The maximum absolute atomic E-state index is 5.45. The minimum Gasteiger partial charge on any atom is -0.496 e. The van der Waals surface area contributed by atoms with Crippen LogP contribution in [0, 0.1) is 0 Å². The van der Waals surface area contributed by atoms with E-state index in [0.29, 0.717) is 5.88 Å². The van der Waals surface area contributed by atoms with Crippen molar-refractivity contribution in [1.82, 2.24) is 4.98 Å². The summed E-state index contributed by atoms with van der Waals surface area (Å²) in [6.07, 6.45) is 0. The van der Waals surface area contributed by atoms with Crippen LogP contribution in [0.4, 0.5) is 0 Å². The molecular weight excluding hydrogens is 330 g/mol. The van der Waals surface area contributed by atoms with Crippen molar-refractivity contribution in [2.45, 2.75) is 0 Å². The molecule has 0 unspecified atom stereocenters. The lowest BCUT2D eigenvalue weighted by molar-refractivity contribution is 0.403. The highest BCUT2D eigenvalue weighted by atomic mass is 79.9. The van der Waals surface area contributed by atoms with Crippen molar-refractivity contribution < 1.29 is 9.47 Å². The summed E-state index contributed by atoms with van der Waals surface area (Å²) in [7, 11) is 3.29. The van der Waals surface area contributed by atoms with Crippen LogP contribution in [-0.4, -0.2) is 19.2 Å². The van der Waals surface area contributed by atoms with Gasteiger partial charge < -0.3 is 9.47 Å². The van der Waals surface area contributed by atoms with Gasteiger partial charge in [0, 0.05) is 16.3 Å². The van der Waals surface area contributed by atoms with Crippen LogP contribution >= 0.6 is 15.9 Å². The second kappa shape index (κ2) is 5.74. The smallest absolute Gasteiger partial charge is 0.221 e. The van der Waals surface area contributed by atoms with E-state index in [1.807, 2.05) is 48.5 Å². The van der Waals surface area contributed by atoms with E-state index in [1.165, 1.54) is 0 Å². The number of halogens is 1. The molecule has 0 aliphatic rings. The van der Waals surface area contributed by atoms with E-state index in [2.05, 4.69) is 20.9 Å². The van der Waals surface area contributed by atoms with Gasteiger partial charge in [-0.2, -0.15) is 0 Å². The van der Waals surface area contributed by atoms with Crippen molar-refractivity contribution in [3.63, 3.8) is 0 Å². The Bertz CT molecular complexity index is 802. The van der Waals surface area contributed by atoms with Crippen molar-refractivity contribution in [2.75, 3.05) is 14.2 Å². The van der Waals surface area contributed by atoms with Crippen molar-refractivity contribution in [2.24, 2.45) is 0 Å². The summed E-state index contributed by atoms with van der Waals surface area (Å²) in [6, 6.07) is 15.8. The molecule has 0 aliphatic heterocycles. The standard InChI is InChI=1S/C17H14BrNO2/c1-20-14-10-6-5-9-13(14)16-15(18)11-7-3-4-8-12(11)17(19-16)21-2/h3-10H,1-2H3. The molecule has 0 spiro atoms. The van der Waals surface area contributed by atoms with Crippen molar-refractivity contribution >= 4 is 26.7 Å². The zero-order chi connectivity index (χ0) is 14.8. The molecule has 0 atom stereocenters. The van der Waals surface area contributed by atoms with Crippen LogP contribution in [0.15, 0.2) is 53.0 Å². The first-order chi connectivity index (χ1) is 10.3. The molecule has 0 saturated carbocycles. The maximum Gasteiger partial charge on any atom is 0.221 e. The Labute approximate surface area is 131 Å². The van der Waals surface area contributed by atoms with E-state index in [0.717, 1.165) is 32.3 Å². The van der Waals surface area contributed by atoms with E-state index >= 15 is 0 Å². The summed E-state index contributed by atoms with van der Waals surface area (Å²) in [5.41, 5.74) is 1.74. The summed E-state index contributed by atoms with van der Waals surface area (Å²) in [5, 5.41) is 2.04. The highest BCUT2D eigenvalue weighted by Crippen LogP contribution is 2.40. The quantitative estimate of drug-likeness (QED) is 0.691. The Hall–Kier alpha value is -2.07. The van der Waals surface area contributed by atoms with E-state index < -0.39 is 0 Å². The van der Waals surface area contributed by atoms with Gasteiger partial charge >= 0.3 is 0 Å². The van der Waals surface area contributed by atoms with Crippen molar-refractivity contribution in [3.05, 3.63) is 53.0 Å². The fraction of sp³-hybridized carbons (Fsp3) is 0.118. The third kappa shape index (κ3) is 2.36. The second-order valence-electron chi connectivity index (χ2n) is 4.53. The fourth-order valence-corrected chi connectivity index (χ4v) is 3.02. The molecule has 0 aliphatic carbocycles. The van der Waals surface area contributed by atoms with Gasteiger partial charge in [0.1, 0.15) is 5.75 Å². The molecule has 0 amide bonds. The topological polar surface area (TPSA) is 31.4 Å². The van der Waals surface area contributed by atoms with Crippen LogP contribution < -0.4 is 9.47 Å². The van der Waals surface area contributed by atoms with Crippen LogP contribution in [-0.2, 0) is 0 Å². The Morgan fingerprint density at radius 1 is 0.857 bits per heavy atom. The van der Waals surface area contributed by atoms with Gasteiger partial charge in [-0.05, 0) is 34.1 Å². The molecule has 3 aromatic rings. The summed E-state index contributed by atoms with van der Waals surface area (Å²) in [6.45, 7) is 0. The van der Waals surface area contributed by atoms with E-state index in [-0.39, 0.29) is 0 Å². The van der Waals surface area contributed by atoms with Crippen molar-refractivity contribution in [1.29, 1.82) is 0 Å². The van der Waals surface area contributed by atoms with Gasteiger partial charge in [0.25, 0.3) is 0 Å². The van der Waals surface area contributed by atoms with Gasteiger partial charge in [-0.3, -0.25) is 0 Å². The number of hydrogen-bond donors (Lipinski definition) is 0. The number of para-hydroxylation sites is 1. The lowest BCUT2D eigenvalue weighted by Gasteiger charge is -2.13. The number of ether oxygens (including phenoxy) is 2. The maximum atomic E-state index is 5.45. The number of methoxy groups -OCH3 is 2. The molecule has 21 heavy (non-hydrogen) atoms. The van der Waals surface area contributed by atoms with Gasteiger partial charge in [-0.1, -0.05) is 30.3 Å². The van der Waals surface area contributed by atoms with Gasteiger partial charge in [0.2, 0.25) is 5.88 Å². The molecule has 3 nitrogen and oxygen atoms in total. The lowest BCUT2D eigenvalue weighted by Crippen LogP contribution is -1.96. The van der Waals surface area contributed by atoms with Crippen LogP contribution in [0.25, 0.3) is 22.0 Å². The Balaban J connectivity index is 2.35. The molecule has 3 rings (SSSR count). The number of fused-ring (bicyclic) bond motifs is 1. The summed E-state index contributed by atoms with van der Waals surface area (Å²) in [5.74, 6) is 1.39. The number of benzene rings is 2. The first kappa shape index (κ1) is 13.9. The average molecular weight is 344 g/mol. The van der Waals surface area contributed by atoms with E-state index in [1.54, 1.807) is 14.2 Å². The van der Waals surface area contributed by atoms with Crippen LogP contribution in [0.3, 0.4) is 0 Å². The minimum absolute atomic E-state index is 0.606. The highest BCUT2D eigenvalue weighted by Gasteiger charge is 2.16. The van der Waals surface area contributed by atoms with Gasteiger partial charge in [-0.25, -0.2) is 4.98 Å². The molecule has 1 heterocycles. The van der Waals surface area contributed by atoms with Crippen molar-refractivity contribution in [3.8, 4) is 22.9 Å². The zero-order valence-corrected chi connectivity index (χ0v) is 13.3. The minimum atomic E-state index is 0.606. The van der Waals surface area contributed by atoms with Gasteiger partial charge in [0.05, 0.1) is 24.4 Å². The Morgan fingerprint density at radius 3 is 2.24 bits per heavy atom. The number of aromatic nitrogens is 1. The van der Waals surface area contributed by atoms with Crippen LogP contribution in [0.1, 0.15) is 0 Å². The third-order valence-corrected chi connectivity index (χ3v) is 4.17. The SMILES string of the molecule is COc1ccccc1-c1nc(OC)c2ccccc2c1Br. The highest BCUT2D eigenvalue weighted by molar-refractivity contribution is 9.10. The molecule has 106 valence electrons. The average Bonchev–Trinajstić information content (AvgIpc) is 2.55. The lowest BCUT2D eigenvalue weighted by atomic mass is 10.1. The van der Waals surface area contributed by atoms with Gasteiger partial charge in [0.15, 0.2) is 0 Å². The molecule has 0 fully saturated rings. The second-order valence-corrected chi connectivity index (χ2v) is 5.32. The summed E-state index contributed by atoms with van der Waals surface area (Å²) < 4.78 is 11.8.